The number of nitrogens with zero attached hydrogens (tertiary/aromatic N) is 5. The van der Waals surface area contributed by atoms with E-state index in [0.29, 0.717) is 56.1 Å². The van der Waals surface area contributed by atoms with E-state index in [2.05, 4.69) is 20.5 Å². The number of nitrogens with two attached hydrogens (primary N) is 1. The van der Waals surface area contributed by atoms with Crippen molar-refractivity contribution in [2.75, 3.05) is 36.5 Å². The molecule has 212 valence electrons. The predicted octanol–water partition coefficient (Wildman–Crippen LogP) is 3.92. The maximum absolute atomic E-state index is 13.9. The first-order valence-corrected chi connectivity index (χ1v) is 12.8. The Kier molecular flexibility index (Phi) is 9.68. The molecule has 3 aromatic rings. The number of carbonyl (C=O) groups excluding carboxylic acids is 1. The maximum atomic E-state index is 13.9. The lowest BCUT2D eigenvalue weighted by molar-refractivity contribution is -0.138. The van der Waals surface area contributed by atoms with Crippen LogP contribution in [0.25, 0.3) is 0 Å². The van der Waals surface area contributed by atoms with Crippen molar-refractivity contribution in [1.29, 1.82) is 0 Å². The smallest absolute Gasteiger partial charge is 0.379 e. The van der Waals surface area contributed by atoms with Crippen LogP contribution < -0.4 is 16.0 Å². The van der Waals surface area contributed by atoms with Crippen LogP contribution in [0.15, 0.2) is 30.6 Å². The van der Waals surface area contributed by atoms with Crippen LogP contribution in [-0.4, -0.2) is 52.5 Å². The van der Waals surface area contributed by atoms with Gasteiger partial charge in [-0.3, -0.25) is 9.69 Å². The third kappa shape index (κ3) is 6.74. The lowest BCUT2D eigenvalue weighted by atomic mass is 9.75. The Bertz CT molecular complexity index is 1270. The molecule has 4 rings (SSSR count). The number of anilines is 2. The van der Waals surface area contributed by atoms with Crippen molar-refractivity contribution in [2.45, 2.75) is 52.3 Å². The van der Waals surface area contributed by atoms with Crippen molar-refractivity contribution in [3.63, 3.8) is 0 Å². The number of amides is 1. The minimum atomic E-state index is -4.56. The third-order valence-electron chi connectivity index (χ3n) is 6.61. The second kappa shape index (κ2) is 12.6. The van der Waals surface area contributed by atoms with Gasteiger partial charge in [0.05, 0.1) is 25.3 Å². The van der Waals surface area contributed by atoms with Crippen LogP contribution in [0.3, 0.4) is 0 Å². The molecule has 1 amide bonds. The van der Waals surface area contributed by atoms with Gasteiger partial charge in [-0.05, 0) is 48.7 Å². The summed E-state index contributed by atoms with van der Waals surface area (Å²) in [6.07, 6.45) is -1.91. The molecule has 0 spiro atoms. The molecule has 2 aromatic heterocycles. The lowest BCUT2D eigenvalue weighted by Gasteiger charge is -2.42. The summed E-state index contributed by atoms with van der Waals surface area (Å²) in [6.45, 7) is 8.54. The molecule has 9 nitrogen and oxygen atoms in total. The summed E-state index contributed by atoms with van der Waals surface area (Å²) in [5, 5.41) is 11.3. The first kappa shape index (κ1) is 30.0. The second-order valence-electron chi connectivity index (χ2n) is 9.46. The lowest BCUT2D eigenvalue weighted by Crippen LogP contribution is -2.49. The fourth-order valence-electron chi connectivity index (χ4n) is 4.55. The molecular weight excluding hydrogens is 511 g/mol. The SMILES string of the molecule is CC.Cc1cc(C)c(CN(C=O)c2cc(C3(Cc4nncn4C)COC3)cc(NCCN)n2)c(C(F)(F)F)c1. The van der Waals surface area contributed by atoms with Gasteiger partial charge in [-0.2, -0.15) is 13.2 Å². The normalized spacial score (nSPS) is 14.2. The molecule has 39 heavy (non-hydrogen) atoms. The molecule has 1 aliphatic heterocycles. The summed E-state index contributed by atoms with van der Waals surface area (Å²) >= 11 is 0. The van der Waals surface area contributed by atoms with Crippen LogP contribution in [0.1, 0.15) is 47.5 Å². The number of aryl methyl sites for hydroxylation is 3. The molecule has 3 N–H and O–H groups in total. The average molecular weight is 548 g/mol. The Labute approximate surface area is 226 Å². The number of aromatic nitrogens is 4. The highest BCUT2D eigenvalue weighted by Gasteiger charge is 2.42. The van der Waals surface area contributed by atoms with Gasteiger partial charge >= 0.3 is 6.18 Å². The maximum Gasteiger partial charge on any atom is 0.416 e. The van der Waals surface area contributed by atoms with Crippen LogP contribution in [-0.2, 0) is 41.1 Å². The molecule has 1 saturated heterocycles. The van der Waals surface area contributed by atoms with E-state index in [0.717, 1.165) is 17.5 Å². The number of pyridine rings is 1. The van der Waals surface area contributed by atoms with Gasteiger partial charge in [-0.15, -0.1) is 10.2 Å². The molecular formula is C27H36F3N7O2. The van der Waals surface area contributed by atoms with Crippen molar-refractivity contribution in [1.82, 2.24) is 19.7 Å². The van der Waals surface area contributed by atoms with Crippen molar-refractivity contribution < 1.29 is 22.7 Å². The molecule has 1 aliphatic rings. The van der Waals surface area contributed by atoms with Crippen molar-refractivity contribution in [3.05, 3.63) is 64.2 Å². The summed E-state index contributed by atoms with van der Waals surface area (Å²) in [6, 6.07) is 6.37. The van der Waals surface area contributed by atoms with Crippen LogP contribution >= 0.6 is 0 Å². The largest absolute Gasteiger partial charge is 0.416 e. The molecule has 0 saturated carbocycles. The summed E-state index contributed by atoms with van der Waals surface area (Å²) < 4.78 is 49.1. The van der Waals surface area contributed by atoms with E-state index in [1.54, 1.807) is 32.3 Å². The second-order valence-corrected chi connectivity index (χ2v) is 9.46. The number of benzene rings is 1. The first-order valence-electron chi connectivity index (χ1n) is 12.8. The Balaban J connectivity index is 0.00000205. The minimum Gasteiger partial charge on any atom is -0.379 e. The molecule has 12 heteroatoms. The molecule has 3 heterocycles. The Morgan fingerprint density at radius 2 is 1.92 bits per heavy atom. The van der Waals surface area contributed by atoms with E-state index in [-0.39, 0.29) is 17.9 Å². The van der Waals surface area contributed by atoms with E-state index in [9.17, 15) is 18.0 Å². The Morgan fingerprint density at radius 1 is 1.21 bits per heavy atom. The third-order valence-corrected chi connectivity index (χ3v) is 6.61. The van der Waals surface area contributed by atoms with Crippen molar-refractivity contribution in [2.24, 2.45) is 12.8 Å². The number of carbonyl (C=O) groups is 1. The van der Waals surface area contributed by atoms with Gasteiger partial charge < -0.3 is 20.4 Å². The molecule has 0 atom stereocenters. The number of alkyl halides is 3. The van der Waals surface area contributed by atoms with Crippen LogP contribution in [0.4, 0.5) is 24.8 Å². The number of ether oxygens (including phenoxy) is 1. The highest BCUT2D eigenvalue weighted by Crippen LogP contribution is 2.39. The van der Waals surface area contributed by atoms with Gasteiger partial charge in [0.1, 0.15) is 23.8 Å². The van der Waals surface area contributed by atoms with Gasteiger partial charge in [0.15, 0.2) is 0 Å². The molecule has 0 bridgehead atoms. The Hall–Kier alpha value is -3.51. The number of nitrogens with one attached hydrogen (secondary N) is 1. The van der Waals surface area contributed by atoms with Gasteiger partial charge in [-0.25, -0.2) is 4.98 Å². The highest BCUT2D eigenvalue weighted by molar-refractivity contribution is 5.74. The van der Waals surface area contributed by atoms with E-state index in [1.807, 2.05) is 31.5 Å². The molecule has 1 aromatic carbocycles. The molecule has 1 fully saturated rings. The Morgan fingerprint density at radius 3 is 2.46 bits per heavy atom. The average Bonchev–Trinajstić information content (AvgIpc) is 3.28. The molecule has 0 radical (unpaired) electrons. The van der Waals surface area contributed by atoms with E-state index < -0.39 is 17.2 Å². The first-order chi connectivity index (χ1) is 18.6. The standard InChI is InChI=1S/C25H30F3N7O2.C2H6/c1-16-6-17(2)19(20(7-16)25(26,27)28)11-35(15-36)22-9-18(8-21(32-22)30-5-4-29)24(12-37-13-24)10-23-33-31-14-34(23)3;1-2/h6-9,14-15H,4-5,10-13,29H2,1-3H3,(H,30,32);1-2H3. The highest BCUT2D eigenvalue weighted by atomic mass is 19.4. The number of hydrogen-bond acceptors (Lipinski definition) is 7. The fraction of sp³-hybridized carbons (Fsp3) is 0.481. The summed E-state index contributed by atoms with van der Waals surface area (Å²) in [5.74, 6) is 1.45. The molecule has 0 aliphatic carbocycles. The van der Waals surface area contributed by atoms with Crippen LogP contribution in [0, 0.1) is 13.8 Å². The predicted molar refractivity (Wildman–Crippen MR) is 143 cm³/mol. The van der Waals surface area contributed by atoms with Crippen LogP contribution in [0.5, 0.6) is 0 Å². The summed E-state index contributed by atoms with van der Waals surface area (Å²) in [4.78, 5) is 18.0. The van der Waals surface area contributed by atoms with Gasteiger partial charge in [0.2, 0.25) is 6.41 Å². The van der Waals surface area contributed by atoms with E-state index in [4.69, 9.17) is 10.5 Å². The zero-order valence-corrected chi connectivity index (χ0v) is 23.0. The van der Waals surface area contributed by atoms with E-state index >= 15 is 0 Å². The fourth-order valence-corrected chi connectivity index (χ4v) is 4.55. The quantitative estimate of drug-likeness (QED) is 0.370. The zero-order valence-electron chi connectivity index (χ0n) is 23.0. The van der Waals surface area contributed by atoms with E-state index in [1.165, 1.54) is 4.90 Å². The van der Waals surface area contributed by atoms with Crippen molar-refractivity contribution >= 4 is 18.0 Å². The van der Waals surface area contributed by atoms with Crippen molar-refractivity contribution in [3.8, 4) is 0 Å². The van der Waals surface area contributed by atoms with Gasteiger partial charge in [0, 0.05) is 32.0 Å². The van der Waals surface area contributed by atoms with Gasteiger partial charge in [-0.1, -0.05) is 25.5 Å². The van der Waals surface area contributed by atoms with Gasteiger partial charge in [0.25, 0.3) is 0 Å². The molecule has 0 unspecified atom stereocenters. The number of hydrogen-bond donors (Lipinski definition) is 2. The minimum absolute atomic E-state index is 0.0228. The monoisotopic (exact) mass is 547 g/mol. The number of rotatable bonds is 10. The zero-order chi connectivity index (χ0) is 28.8. The topological polar surface area (TPSA) is 111 Å². The van der Waals surface area contributed by atoms with Crippen LogP contribution in [0.2, 0.25) is 0 Å². The summed E-state index contributed by atoms with van der Waals surface area (Å²) in [5.41, 5.74) is 6.23. The summed E-state index contributed by atoms with van der Waals surface area (Å²) in [7, 11) is 1.85. The number of halogens is 3.